The molecule has 1 aliphatic heterocycles. The molecule has 0 aromatic heterocycles. The lowest BCUT2D eigenvalue weighted by Crippen LogP contribution is -2.42. The van der Waals surface area contributed by atoms with Crippen LogP contribution < -0.4 is 15.4 Å². The number of carbonyl (C=O) groups is 1. The van der Waals surface area contributed by atoms with Crippen LogP contribution in [-0.2, 0) is 16.1 Å². The number of ether oxygens (including phenoxy) is 2. The minimum Gasteiger partial charge on any atom is -0.493 e. The molecule has 0 spiro atoms. The van der Waals surface area contributed by atoms with E-state index in [4.69, 9.17) is 9.47 Å². The van der Waals surface area contributed by atoms with Crippen molar-refractivity contribution in [1.82, 2.24) is 15.5 Å². The fraction of sp³-hybridized carbons (Fsp3) is 0.652. The van der Waals surface area contributed by atoms with Gasteiger partial charge in [-0.05, 0) is 37.3 Å². The number of guanidine groups is 1. The number of benzene rings is 1. The molecule has 1 amide bonds. The van der Waals surface area contributed by atoms with Gasteiger partial charge in [0.2, 0.25) is 5.91 Å². The van der Waals surface area contributed by atoms with E-state index in [1.54, 1.807) is 14.2 Å². The average Bonchev–Trinajstić information content (AvgIpc) is 2.74. The van der Waals surface area contributed by atoms with Crippen molar-refractivity contribution in [3.8, 4) is 5.75 Å². The Morgan fingerprint density at radius 3 is 2.87 bits per heavy atom. The van der Waals surface area contributed by atoms with E-state index in [2.05, 4.69) is 47.7 Å². The Hall–Kier alpha value is -2.28. The van der Waals surface area contributed by atoms with Gasteiger partial charge in [0, 0.05) is 65.3 Å². The van der Waals surface area contributed by atoms with Gasteiger partial charge >= 0.3 is 0 Å². The lowest BCUT2D eigenvalue weighted by Gasteiger charge is -2.31. The van der Waals surface area contributed by atoms with Gasteiger partial charge in [-0.2, -0.15) is 0 Å². The Labute approximate surface area is 181 Å². The lowest BCUT2D eigenvalue weighted by atomic mass is 10.00. The molecule has 30 heavy (non-hydrogen) atoms. The Kier molecular flexibility index (Phi) is 10.5. The minimum atomic E-state index is 0.217. The number of likely N-dealkylation sites (tertiary alicyclic amines) is 1. The highest BCUT2D eigenvalue weighted by Crippen LogP contribution is 2.20. The van der Waals surface area contributed by atoms with Crippen LogP contribution in [0, 0.1) is 12.8 Å². The van der Waals surface area contributed by atoms with E-state index in [0.29, 0.717) is 44.6 Å². The normalized spacial score (nSPS) is 17.0. The summed E-state index contributed by atoms with van der Waals surface area (Å²) in [4.78, 5) is 18.7. The highest BCUT2D eigenvalue weighted by Gasteiger charge is 2.20. The third-order valence-corrected chi connectivity index (χ3v) is 5.28. The molecule has 0 radical (unpaired) electrons. The molecule has 168 valence electrons. The molecule has 2 rings (SSSR count). The van der Waals surface area contributed by atoms with Gasteiger partial charge in [-0.3, -0.25) is 9.79 Å². The number of nitrogens with zero attached hydrogens (tertiary/aromatic N) is 2. The van der Waals surface area contributed by atoms with Crippen LogP contribution in [0.3, 0.4) is 0 Å². The van der Waals surface area contributed by atoms with E-state index in [9.17, 15) is 4.79 Å². The molecule has 0 bridgehead atoms. The molecule has 1 saturated heterocycles. The van der Waals surface area contributed by atoms with Crippen molar-refractivity contribution in [2.45, 2.75) is 46.1 Å². The highest BCUT2D eigenvalue weighted by molar-refractivity contribution is 5.81. The first-order valence-corrected chi connectivity index (χ1v) is 11.0. The number of amides is 1. The van der Waals surface area contributed by atoms with E-state index in [1.807, 2.05) is 4.90 Å². The summed E-state index contributed by atoms with van der Waals surface area (Å²) in [6.07, 6.45) is 3.65. The number of hydrogen-bond donors (Lipinski definition) is 2. The quantitative estimate of drug-likeness (QED) is 0.347. The highest BCUT2D eigenvalue weighted by atomic mass is 16.5. The molecule has 1 atom stereocenters. The van der Waals surface area contributed by atoms with Crippen LogP contribution in [0.15, 0.2) is 23.2 Å². The molecule has 1 unspecified atom stereocenters. The first kappa shape index (κ1) is 24.0. The van der Waals surface area contributed by atoms with E-state index in [0.717, 1.165) is 42.8 Å². The molecule has 0 aliphatic carbocycles. The van der Waals surface area contributed by atoms with Crippen molar-refractivity contribution in [1.29, 1.82) is 0 Å². The lowest BCUT2D eigenvalue weighted by molar-refractivity contribution is -0.132. The van der Waals surface area contributed by atoms with Gasteiger partial charge in [0.15, 0.2) is 5.96 Å². The summed E-state index contributed by atoms with van der Waals surface area (Å²) >= 11 is 0. The van der Waals surface area contributed by atoms with Crippen LogP contribution in [0.25, 0.3) is 0 Å². The first-order chi connectivity index (χ1) is 14.5. The second-order valence-electron chi connectivity index (χ2n) is 8.00. The molecule has 1 aromatic carbocycles. The molecule has 1 aromatic rings. The molecule has 7 heteroatoms. The predicted octanol–water partition coefficient (Wildman–Crippen LogP) is 2.72. The zero-order valence-electron chi connectivity index (χ0n) is 19.0. The minimum absolute atomic E-state index is 0.217. The number of hydrogen-bond acceptors (Lipinski definition) is 4. The monoisotopic (exact) mass is 418 g/mol. The van der Waals surface area contributed by atoms with Gasteiger partial charge in [-0.25, -0.2) is 0 Å². The average molecular weight is 419 g/mol. The number of aryl methyl sites for hydroxylation is 1. The number of methoxy groups -OCH3 is 1. The number of rotatable bonds is 10. The van der Waals surface area contributed by atoms with Gasteiger partial charge in [-0.15, -0.1) is 0 Å². The second-order valence-corrected chi connectivity index (χ2v) is 8.00. The Bertz CT molecular complexity index is 693. The fourth-order valence-electron chi connectivity index (χ4n) is 3.59. The third kappa shape index (κ3) is 8.22. The zero-order valence-corrected chi connectivity index (χ0v) is 19.0. The van der Waals surface area contributed by atoms with Crippen molar-refractivity contribution >= 4 is 11.9 Å². The molecular weight excluding hydrogens is 380 g/mol. The molecule has 1 heterocycles. The van der Waals surface area contributed by atoms with Gasteiger partial charge in [0.25, 0.3) is 0 Å². The van der Waals surface area contributed by atoms with Gasteiger partial charge < -0.3 is 25.0 Å². The van der Waals surface area contributed by atoms with Crippen molar-refractivity contribution in [2.24, 2.45) is 10.9 Å². The number of nitrogens with one attached hydrogen (secondary N) is 2. The molecule has 7 nitrogen and oxygen atoms in total. The second kappa shape index (κ2) is 13.1. The molecule has 2 N–H and O–H groups in total. The molecule has 1 fully saturated rings. The zero-order chi connectivity index (χ0) is 21.8. The molecule has 1 aliphatic rings. The summed E-state index contributed by atoms with van der Waals surface area (Å²) in [7, 11) is 3.43. The summed E-state index contributed by atoms with van der Waals surface area (Å²) in [5.41, 5.74) is 2.23. The van der Waals surface area contributed by atoms with Crippen LogP contribution >= 0.6 is 0 Å². The Morgan fingerprint density at radius 2 is 2.13 bits per heavy atom. The van der Waals surface area contributed by atoms with Crippen molar-refractivity contribution in [3.63, 3.8) is 0 Å². The first-order valence-electron chi connectivity index (χ1n) is 11.0. The Balaban J connectivity index is 1.78. The number of carbonyl (C=O) groups excluding carboxylic acids is 1. The van der Waals surface area contributed by atoms with Gasteiger partial charge in [0.05, 0.1) is 6.61 Å². The Morgan fingerprint density at radius 1 is 1.30 bits per heavy atom. The van der Waals surface area contributed by atoms with E-state index in [1.165, 1.54) is 6.42 Å². The van der Waals surface area contributed by atoms with E-state index >= 15 is 0 Å². The fourth-order valence-corrected chi connectivity index (χ4v) is 3.59. The van der Waals surface area contributed by atoms with Crippen LogP contribution in [-0.4, -0.2) is 63.8 Å². The maximum absolute atomic E-state index is 12.4. The maximum atomic E-state index is 12.4. The van der Waals surface area contributed by atoms with E-state index < -0.39 is 0 Å². The van der Waals surface area contributed by atoms with Crippen LogP contribution in [0.4, 0.5) is 0 Å². The summed E-state index contributed by atoms with van der Waals surface area (Å²) in [5, 5.41) is 6.56. The molecule has 0 saturated carbocycles. The summed E-state index contributed by atoms with van der Waals surface area (Å²) in [6.45, 7) is 8.50. The topological polar surface area (TPSA) is 75.2 Å². The third-order valence-electron chi connectivity index (χ3n) is 5.28. The standard InChI is InChI=1S/C23H38N4O3/c1-18-8-9-20(21(15-18)30-14-6-13-29-4)16-26-23(24-3)25-11-10-22(28)27-12-5-7-19(2)17-27/h8-9,15,19H,5-7,10-14,16-17H2,1-4H3,(H2,24,25,26). The smallest absolute Gasteiger partial charge is 0.224 e. The van der Waals surface area contributed by atoms with Crippen molar-refractivity contribution in [2.75, 3.05) is 47.0 Å². The van der Waals surface area contributed by atoms with Crippen LogP contribution in [0.2, 0.25) is 0 Å². The van der Waals surface area contributed by atoms with E-state index in [-0.39, 0.29) is 5.91 Å². The predicted molar refractivity (Wildman–Crippen MR) is 121 cm³/mol. The number of piperidine rings is 1. The molecular formula is C23H38N4O3. The largest absolute Gasteiger partial charge is 0.493 e. The summed E-state index contributed by atoms with van der Waals surface area (Å²) in [6, 6.07) is 6.20. The summed E-state index contributed by atoms with van der Waals surface area (Å²) < 4.78 is 11.0. The maximum Gasteiger partial charge on any atom is 0.224 e. The van der Waals surface area contributed by atoms with Crippen molar-refractivity contribution in [3.05, 3.63) is 29.3 Å². The number of aliphatic imine (C=N–C) groups is 1. The van der Waals surface area contributed by atoms with Crippen LogP contribution in [0.5, 0.6) is 5.75 Å². The summed E-state index contributed by atoms with van der Waals surface area (Å²) in [5.74, 6) is 2.38. The van der Waals surface area contributed by atoms with Gasteiger partial charge in [-0.1, -0.05) is 19.1 Å². The van der Waals surface area contributed by atoms with Crippen molar-refractivity contribution < 1.29 is 14.3 Å². The van der Waals surface area contributed by atoms with Crippen LogP contribution in [0.1, 0.15) is 43.7 Å². The SMILES string of the molecule is CN=C(NCCC(=O)N1CCCC(C)C1)NCc1ccc(C)cc1OCCCOC. The van der Waals surface area contributed by atoms with Gasteiger partial charge in [0.1, 0.15) is 5.75 Å².